The first kappa shape index (κ1) is 26.0. The molecular formula is C31H30N2O6. The van der Waals surface area contributed by atoms with Crippen LogP contribution in [0.2, 0.25) is 0 Å². The molecule has 1 amide bonds. The van der Waals surface area contributed by atoms with Crippen molar-refractivity contribution in [1.29, 1.82) is 0 Å². The second-order valence-corrected chi connectivity index (χ2v) is 10.8. The molecule has 1 aliphatic rings. The van der Waals surface area contributed by atoms with Crippen molar-refractivity contribution in [3.05, 3.63) is 95.7 Å². The van der Waals surface area contributed by atoms with E-state index >= 15 is 0 Å². The normalized spacial score (nSPS) is 14.3. The Hall–Kier alpha value is -4.59. The molecule has 4 aromatic rings. The molecule has 8 nitrogen and oxygen atoms in total. The van der Waals surface area contributed by atoms with E-state index in [9.17, 15) is 19.5 Å². The quantitative estimate of drug-likeness (QED) is 0.318. The average molecular weight is 527 g/mol. The Morgan fingerprint density at radius 1 is 0.872 bits per heavy atom. The second kappa shape index (κ2) is 9.62. The summed E-state index contributed by atoms with van der Waals surface area (Å²) in [5, 5.41) is 13.3. The molecule has 1 atom stereocenters. The zero-order valence-electron chi connectivity index (χ0n) is 22.2. The van der Waals surface area contributed by atoms with E-state index < -0.39 is 29.3 Å². The zero-order chi connectivity index (χ0) is 27.9. The number of nitrogens with one attached hydrogen (secondary N) is 1. The number of carboxylic acids is 1. The second-order valence-electron chi connectivity index (χ2n) is 10.8. The highest BCUT2D eigenvalue weighted by molar-refractivity contribution is 5.97. The number of ether oxygens (including phenoxy) is 2. The van der Waals surface area contributed by atoms with Gasteiger partial charge in [0.1, 0.15) is 12.2 Å². The highest BCUT2D eigenvalue weighted by atomic mass is 16.6. The Kier molecular flexibility index (Phi) is 6.42. The third-order valence-electron chi connectivity index (χ3n) is 6.96. The molecule has 1 heterocycles. The molecule has 0 fully saturated rings. The van der Waals surface area contributed by atoms with Crippen LogP contribution in [0.5, 0.6) is 0 Å². The van der Waals surface area contributed by atoms with Gasteiger partial charge in [0.05, 0.1) is 5.52 Å². The fourth-order valence-corrected chi connectivity index (χ4v) is 5.11. The maximum Gasteiger partial charge on any atom is 0.419 e. The molecule has 0 radical (unpaired) electrons. The summed E-state index contributed by atoms with van der Waals surface area (Å²) < 4.78 is 12.4. The molecule has 3 aromatic carbocycles. The van der Waals surface area contributed by atoms with Crippen molar-refractivity contribution in [2.75, 3.05) is 6.61 Å². The SMILES string of the molecule is CC(C)(C)OC(=O)n1cc([C@@](C)(NC(=O)OCC2c3ccccc3-c3ccccc32)C(=O)O)c2ccccc21. The van der Waals surface area contributed by atoms with Gasteiger partial charge in [-0.05, 0) is 56.0 Å². The summed E-state index contributed by atoms with van der Waals surface area (Å²) in [7, 11) is 0. The van der Waals surface area contributed by atoms with Crippen molar-refractivity contribution < 1.29 is 29.0 Å². The van der Waals surface area contributed by atoms with Crippen LogP contribution in [0.1, 0.15) is 50.3 Å². The van der Waals surface area contributed by atoms with Gasteiger partial charge in [-0.15, -0.1) is 0 Å². The van der Waals surface area contributed by atoms with Crippen LogP contribution in [-0.2, 0) is 19.8 Å². The number of nitrogens with zero attached hydrogens (tertiary/aromatic N) is 1. The van der Waals surface area contributed by atoms with E-state index in [0.717, 1.165) is 22.3 Å². The van der Waals surface area contributed by atoms with Crippen LogP contribution in [0.15, 0.2) is 79.0 Å². The van der Waals surface area contributed by atoms with Crippen LogP contribution >= 0.6 is 0 Å². The number of hydrogen-bond donors (Lipinski definition) is 2. The van der Waals surface area contributed by atoms with Crippen molar-refractivity contribution >= 4 is 29.1 Å². The molecule has 5 rings (SSSR count). The van der Waals surface area contributed by atoms with E-state index in [1.807, 2.05) is 48.5 Å². The summed E-state index contributed by atoms with van der Waals surface area (Å²) in [6.45, 7) is 6.65. The first-order valence-electron chi connectivity index (χ1n) is 12.7. The molecule has 0 bridgehead atoms. The summed E-state index contributed by atoms with van der Waals surface area (Å²) in [5.74, 6) is -1.48. The molecule has 0 aliphatic heterocycles. The van der Waals surface area contributed by atoms with Crippen molar-refractivity contribution in [1.82, 2.24) is 9.88 Å². The van der Waals surface area contributed by atoms with Gasteiger partial charge in [-0.2, -0.15) is 0 Å². The van der Waals surface area contributed by atoms with Crippen LogP contribution < -0.4 is 5.32 Å². The van der Waals surface area contributed by atoms with E-state index in [0.29, 0.717) is 10.9 Å². The number of fused-ring (bicyclic) bond motifs is 4. The number of alkyl carbamates (subject to hydrolysis) is 1. The van der Waals surface area contributed by atoms with Gasteiger partial charge in [0.15, 0.2) is 5.54 Å². The summed E-state index contributed by atoms with van der Waals surface area (Å²) in [6.07, 6.45) is -0.133. The Morgan fingerprint density at radius 2 is 1.44 bits per heavy atom. The highest BCUT2D eigenvalue weighted by Gasteiger charge is 2.41. The van der Waals surface area contributed by atoms with Gasteiger partial charge < -0.3 is 19.9 Å². The Bertz CT molecular complexity index is 1550. The van der Waals surface area contributed by atoms with Gasteiger partial charge in [0.2, 0.25) is 0 Å². The van der Waals surface area contributed by atoms with Crippen LogP contribution in [-0.4, -0.2) is 40.0 Å². The van der Waals surface area contributed by atoms with E-state index in [4.69, 9.17) is 9.47 Å². The third-order valence-corrected chi connectivity index (χ3v) is 6.96. The summed E-state index contributed by atoms with van der Waals surface area (Å²) in [5.41, 5.74) is 2.32. The fraction of sp³-hybridized carbons (Fsp3) is 0.258. The molecule has 39 heavy (non-hydrogen) atoms. The minimum absolute atomic E-state index is 0.0369. The molecule has 1 aliphatic carbocycles. The number of amides is 1. The minimum Gasteiger partial charge on any atom is -0.479 e. The monoisotopic (exact) mass is 526 g/mol. The minimum atomic E-state index is -1.89. The Morgan fingerprint density at radius 3 is 2.03 bits per heavy atom. The first-order valence-corrected chi connectivity index (χ1v) is 12.7. The largest absolute Gasteiger partial charge is 0.479 e. The molecule has 8 heteroatoms. The lowest BCUT2D eigenvalue weighted by Gasteiger charge is -2.26. The highest BCUT2D eigenvalue weighted by Crippen LogP contribution is 2.44. The van der Waals surface area contributed by atoms with Gasteiger partial charge in [0.25, 0.3) is 0 Å². The number of carboxylic acid groups (broad SMARTS) is 1. The van der Waals surface area contributed by atoms with E-state index in [-0.39, 0.29) is 18.1 Å². The van der Waals surface area contributed by atoms with E-state index in [1.54, 1.807) is 45.0 Å². The molecule has 2 N–H and O–H groups in total. The molecule has 1 aromatic heterocycles. The van der Waals surface area contributed by atoms with Crippen LogP contribution in [0, 0.1) is 0 Å². The first-order chi connectivity index (χ1) is 18.5. The molecule has 0 saturated carbocycles. The number of hydrogen-bond acceptors (Lipinski definition) is 5. The van der Waals surface area contributed by atoms with Gasteiger partial charge >= 0.3 is 18.2 Å². The van der Waals surface area contributed by atoms with Crippen molar-refractivity contribution in [3.8, 4) is 11.1 Å². The number of aliphatic carboxylic acids is 1. The predicted octanol–water partition coefficient (Wildman–Crippen LogP) is 6.26. The molecule has 0 spiro atoms. The number of benzene rings is 3. The van der Waals surface area contributed by atoms with Gasteiger partial charge in [-0.1, -0.05) is 66.7 Å². The summed E-state index contributed by atoms with van der Waals surface area (Å²) in [4.78, 5) is 38.6. The van der Waals surface area contributed by atoms with Crippen molar-refractivity contribution in [2.24, 2.45) is 0 Å². The fourth-order valence-electron chi connectivity index (χ4n) is 5.11. The molecule has 200 valence electrons. The number of carbonyl (C=O) groups excluding carboxylic acids is 2. The third kappa shape index (κ3) is 4.74. The lowest BCUT2D eigenvalue weighted by atomic mass is 9.92. The van der Waals surface area contributed by atoms with E-state index in [2.05, 4.69) is 5.32 Å². The lowest BCUT2D eigenvalue weighted by molar-refractivity contribution is -0.144. The molecule has 0 saturated heterocycles. The number of carbonyl (C=O) groups is 3. The summed E-state index contributed by atoms with van der Waals surface area (Å²) in [6, 6.07) is 22.8. The maximum absolute atomic E-state index is 13.1. The predicted molar refractivity (Wildman–Crippen MR) is 147 cm³/mol. The van der Waals surface area contributed by atoms with Gasteiger partial charge in [-0.3, -0.25) is 4.57 Å². The van der Waals surface area contributed by atoms with Crippen LogP contribution in [0.25, 0.3) is 22.0 Å². The maximum atomic E-state index is 13.1. The van der Waals surface area contributed by atoms with Crippen molar-refractivity contribution in [3.63, 3.8) is 0 Å². The van der Waals surface area contributed by atoms with E-state index in [1.165, 1.54) is 17.7 Å². The zero-order valence-corrected chi connectivity index (χ0v) is 22.2. The number of para-hydroxylation sites is 1. The van der Waals surface area contributed by atoms with Crippen LogP contribution in [0.3, 0.4) is 0 Å². The summed E-state index contributed by atoms with van der Waals surface area (Å²) >= 11 is 0. The van der Waals surface area contributed by atoms with Crippen molar-refractivity contribution in [2.45, 2.75) is 44.8 Å². The number of rotatable bonds is 5. The van der Waals surface area contributed by atoms with Gasteiger partial charge in [-0.25, -0.2) is 14.4 Å². The molecule has 0 unspecified atom stereocenters. The van der Waals surface area contributed by atoms with Gasteiger partial charge in [0, 0.05) is 23.1 Å². The average Bonchev–Trinajstić information content (AvgIpc) is 3.43. The van der Waals surface area contributed by atoms with Crippen LogP contribution in [0.4, 0.5) is 9.59 Å². The Balaban J connectivity index is 1.42. The standard InChI is InChI=1S/C31H30N2O6/c1-30(2,3)39-29(37)33-17-25(23-15-9-10-16-26(23)33)31(4,27(34)35)32-28(36)38-18-24-21-13-7-5-11-19(21)20-12-6-8-14-22(20)24/h5-17,24H,18H2,1-4H3,(H,32,36)(H,34,35)/t31-/m1/s1. The molecular weight excluding hydrogens is 496 g/mol. The smallest absolute Gasteiger partial charge is 0.419 e. The Labute approximate surface area is 226 Å². The number of aromatic nitrogens is 1. The lowest BCUT2D eigenvalue weighted by Crippen LogP contribution is -2.49. The topological polar surface area (TPSA) is 107 Å².